The summed E-state index contributed by atoms with van der Waals surface area (Å²) in [5, 5.41) is 3.38. The van der Waals surface area contributed by atoms with E-state index in [9.17, 15) is 21.6 Å². The van der Waals surface area contributed by atoms with Crippen molar-refractivity contribution < 1.29 is 26.3 Å². The van der Waals surface area contributed by atoms with Crippen molar-refractivity contribution in [3.8, 4) is 5.75 Å². The molecule has 0 atom stereocenters. The van der Waals surface area contributed by atoms with Gasteiger partial charge < -0.3 is 10.1 Å². The van der Waals surface area contributed by atoms with E-state index in [0.29, 0.717) is 22.4 Å². The molecule has 0 amide bonds. The predicted molar refractivity (Wildman–Crippen MR) is 114 cm³/mol. The van der Waals surface area contributed by atoms with Gasteiger partial charge in [-0.1, -0.05) is 23.2 Å². The van der Waals surface area contributed by atoms with Gasteiger partial charge in [-0.3, -0.25) is 4.72 Å². The standard InChI is InChI=1S/C18H15Cl2F3N4O3S/c1-27(2)31(28,29)26-14-6-5-12(19)17-11(14)4-8-16(25-17)24-10-3-7-15(13(20)9-10)30-18(21,22)23/h3-9,26H,1-2H3,(H,24,25). The Balaban J connectivity index is 1.91. The Kier molecular flexibility index (Phi) is 6.42. The molecule has 1 heterocycles. The number of pyridine rings is 1. The van der Waals surface area contributed by atoms with Crippen LogP contribution in [0.2, 0.25) is 10.0 Å². The second kappa shape index (κ2) is 8.58. The largest absolute Gasteiger partial charge is 0.573 e. The van der Waals surface area contributed by atoms with Gasteiger partial charge in [-0.25, -0.2) is 4.98 Å². The molecule has 13 heteroatoms. The van der Waals surface area contributed by atoms with Gasteiger partial charge in [0.05, 0.1) is 21.2 Å². The number of nitrogens with one attached hydrogen (secondary N) is 2. The third kappa shape index (κ3) is 5.62. The second-order valence-corrected chi connectivity index (χ2v) is 9.09. The smallest absolute Gasteiger partial charge is 0.404 e. The lowest BCUT2D eigenvalue weighted by atomic mass is 10.2. The Labute approximate surface area is 185 Å². The van der Waals surface area contributed by atoms with Crippen molar-refractivity contribution in [3.05, 3.63) is 52.5 Å². The molecular formula is C18H15Cl2F3N4O3S. The van der Waals surface area contributed by atoms with Crippen LogP contribution in [0.1, 0.15) is 0 Å². The quantitative estimate of drug-likeness (QED) is 0.479. The first-order valence-electron chi connectivity index (χ1n) is 8.47. The van der Waals surface area contributed by atoms with E-state index < -0.39 is 22.3 Å². The molecule has 2 N–H and O–H groups in total. The highest BCUT2D eigenvalue weighted by atomic mass is 35.5. The molecule has 3 rings (SSSR count). The van der Waals surface area contributed by atoms with Crippen molar-refractivity contribution in [3.63, 3.8) is 0 Å². The van der Waals surface area contributed by atoms with Crippen LogP contribution in [0.5, 0.6) is 5.75 Å². The summed E-state index contributed by atoms with van der Waals surface area (Å²) in [4.78, 5) is 4.37. The lowest BCUT2D eigenvalue weighted by Crippen LogP contribution is -2.29. The number of fused-ring (bicyclic) bond motifs is 1. The number of rotatable bonds is 6. The molecule has 166 valence electrons. The number of alkyl halides is 3. The normalized spacial score (nSPS) is 12.3. The number of benzene rings is 2. The Morgan fingerprint density at radius 3 is 2.35 bits per heavy atom. The van der Waals surface area contributed by atoms with Crippen molar-refractivity contribution in [2.75, 3.05) is 24.1 Å². The molecule has 0 radical (unpaired) electrons. The van der Waals surface area contributed by atoms with E-state index in [1.807, 2.05) is 0 Å². The zero-order chi connectivity index (χ0) is 23.0. The molecule has 0 aliphatic carbocycles. The predicted octanol–water partition coefficient (Wildman–Crippen LogP) is 5.40. The van der Waals surface area contributed by atoms with E-state index in [1.165, 1.54) is 38.4 Å². The topological polar surface area (TPSA) is 83.6 Å². The van der Waals surface area contributed by atoms with E-state index in [4.69, 9.17) is 23.2 Å². The first kappa shape index (κ1) is 23.2. The van der Waals surface area contributed by atoms with Crippen LogP contribution < -0.4 is 14.8 Å². The fourth-order valence-electron chi connectivity index (χ4n) is 2.51. The van der Waals surface area contributed by atoms with Crippen LogP contribution in [0, 0.1) is 0 Å². The van der Waals surface area contributed by atoms with Crippen molar-refractivity contribution in [1.82, 2.24) is 9.29 Å². The number of halogens is 5. The van der Waals surface area contributed by atoms with Crippen molar-refractivity contribution in [2.24, 2.45) is 0 Å². The average molecular weight is 495 g/mol. The first-order chi connectivity index (χ1) is 14.4. The Hall–Kier alpha value is -2.47. The molecule has 31 heavy (non-hydrogen) atoms. The Bertz CT molecular complexity index is 1240. The fraction of sp³-hybridized carbons (Fsp3) is 0.167. The zero-order valence-corrected chi connectivity index (χ0v) is 18.3. The van der Waals surface area contributed by atoms with Crippen molar-refractivity contribution in [2.45, 2.75) is 6.36 Å². The highest BCUT2D eigenvalue weighted by Crippen LogP contribution is 2.34. The minimum atomic E-state index is -4.86. The minimum absolute atomic E-state index is 0.249. The molecule has 0 unspecified atom stereocenters. The van der Waals surface area contributed by atoms with E-state index in [1.54, 1.807) is 12.1 Å². The number of ether oxygens (including phenoxy) is 1. The number of hydrogen-bond acceptors (Lipinski definition) is 5. The van der Waals surface area contributed by atoms with Gasteiger partial charge in [0.1, 0.15) is 11.6 Å². The number of hydrogen-bond donors (Lipinski definition) is 2. The summed E-state index contributed by atoms with van der Waals surface area (Å²) < 4.78 is 68.7. The van der Waals surface area contributed by atoms with Gasteiger partial charge in [0, 0.05) is 25.2 Å². The lowest BCUT2D eigenvalue weighted by molar-refractivity contribution is -0.274. The van der Waals surface area contributed by atoms with E-state index in [0.717, 1.165) is 10.4 Å². The van der Waals surface area contributed by atoms with Crippen LogP contribution in [0.25, 0.3) is 10.9 Å². The molecule has 0 fully saturated rings. The van der Waals surface area contributed by atoms with E-state index in [2.05, 4.69) is 19.8 Å². The maximum atomic E-state index is 12.4. The lowest BCUT2D eigenvalue weighted by Gasteiger charge is -2.16. The molecule has 0 aliphatic heterocycles. The summed E-state index contributed by atoms with van der Waals surface area (Å²) in [7, 11) is -0.974. The SMILES string of the molecule is CN(C)S(=O)(=O)Nc1ccc(Cl)c2nc(Nc3ccc(OC(F)(F)F)c(Cl)c3)ccc12. The third-order valence-electron chi connectivity index (χ3n) is 3.96. The van der Waals surface area contributed by atoms with Crippen molar-refractivity contribution in [1.29, 1.82) is 0 Å². The van der Waals surface area contributed by atoms with Crippen LogP contribution in [0.3, 0.4) is 0 Å². The Morgan fingerprint density at radius 2 is 1.74 bits per heavy atom. The highest BCUT2D eigenvalue weighted by molar-refractivity contribution is 7.90. The first-order valence-corrected chi connectivity index (χ1v) is 10.7. The number of aromatic nitrogens is 1. The molecule has 0 aliphatic rings. The molecule has 3 aromatic rings. The van der Waals surface area contributed by atoms with Gasteiger partial charge in [0.2, 0.25) is 0 Å². The third-order valence-corrected chi connectivity index (χ3v) is 6.00. The Morgan fingerprint density at radius 1 is 1.03 bits per heavy atom. The molecule has 2 aromatic carbocycles. The summed E-state index contributed by atoms with van der Waals surface area (Å²) in [5.74, 6) is -0.227. The van der Waals surface area contributed by atoms with Gasteiger partial charge in [0.15, 0.2) is 0 Å². The molecule has 0 saturated heterocycles. The van der Waals surface area contributed by atoms with Crippen LogP contribution in [-0.4, -0.2) is 38.2 Å². The summed E-state index contributed by atoms with van der Waals surface area (Å²) in [5.41, 5.74) is 0.949. The zero-order valence-electron chi connectivity index (χ0n) is 16.0. The van der Waals surface area contributed by atoms with Crippen LogP contribution >= 0.6 is 23.2 Å². The molecular weight excluding hydrogens is 480 g/mol. The van der Waals surface area contributed by atoms with Crippen LogP contribution in [0.4, 0.5) is 30.4 Å². The minimum Gasteiger partial charge on any atom is -0.404 e. The molecule has 7 nitrogen and oxygen atoms in total. The van der Waals surface area contributed by atoms with Gasteiger partial charge in [-0.15, -0.1) is 13.2 Å². The summed E-state index contributed by atoms with van der Waals surface area (Å²) >= 11 is 12.1. The van der Waals surface area contributed by atoms with Gasteiger partial charge in [-0.05, 0) is 42.5 Å². The maximum Gasteiger partial charge on any atom is 0.573 e. The van der Waals surface area contributed by atoms with Crippen LogP contribution in [-0.2, 0) is 10.2 Å². The molecule has 1 aromatic heterocycles. The monoisotopic (exact) mass is 494 g/mol. The van der Waals surface area contributed by atoms with Crippen molar-refractivity contribution >= 4 is 61.5 Å². The van der Waals surface area contributed by atoms with Gasteiger partial charge in [0.25, 0.3) is 0 Å². The van der Waals surface area contributed by atoms with E-state index >= 15 is 0 Å². The molecule has 0 saturated carbocycles. The van der Waals surface area contributed by atoms with Gasteiger partial charge >= 0.3 is 16.6 Å². The molecule has 0 spiro atoms. The number of anilines is 3. The summed E-state index contributed by atoms with van der Waals surface area (Å²) in [6.45, 7) is 0. The summed E-state index contributed by atoms with van der Waals surface area (Å²) in [6.07, 6.45) is -4.86. The van der Waals surface area contributed by atoms with Crippen LogP contribution in [0.15, 0.2) is 42.5 Å². The fourth-order valence-corrected chi connectivity index (χ4v) is 3.57. The molecule has 0 bridgehead atoms. The number of nitrogens with zero attached hydrogens (tertiary/aromatic N) is 2. The van der Waals surface area contributed by atoms with E-state index in [-0.39, 0.29) is 15.7 Å². The van der Waals surface area contributed by atoms with Gasteiger partial charge in [-0.2, -0.15) is 12.7 Å². The summed E-state index contributed by atoms with van der Waals surface area (Å²) in [6, 6.07) is 9.82. The highest BCUT2D eigenvalue weighted by Gasteiger charge is 2.32. The maximum absolute atomic E-state index is 12.4. The second-order valence-electron chi connectivity index (χ2n) is 6.40. The average Bonchev–Trinajstić information content (AvgIpc) is 2.65.